The number of nitrogens with zero attached hydrogens (tertiary/aromatic N) is 1. The number of sulfonamides is 1. The van der Waals surface area contributed by atoms with Crippen LogP contribution in [0.4, 0.5) is 0 Å². The Balaban J connectivity index is 2.42. The van der Waals surface area contributed by atoms with Crippen LogP contribution in [0.15, 0.2) is 17.0 Å². The Morgan fingerprint density at radius 2 is 1.96 bits per heavy atom. The van der Waals surface area contributed by atoms with Crippen LogP contribution in [0.2, 0.25) is 10.0 Å². The number of hydrogen-bond acceptors (Lipinski definition) is 4. The molecule has 0 amide bonds. The highest BCUT2D eigenvalue weighted by atomic mass is 79.9. The summed E-state index contributed by atoms with van der Waals surface area (Å²) in [6.45, 7) is 0.964. The first kappa shape index (κ1) is 19.9. The summed E-state index contributed by atoms with van der Waals surface area (Å²) in [7, 11) is -2.26. The zero-order valence-corrected chi connectivity index (χ0v) is 16.8. The van der Waals surface area contributed by atoms with E-state index in [0.29, 0.717) is 23.7 Å². The van der Waals surface area contributed by atoms with Gasteiger partial charge in [-0.15, -0.1) is 0 Å². The van der Waals surface area contributed by atoms with Crippen molar-refractivity contribution in [3.63, 3.8) is 0 Å². The lowest BCUT2D eigenvalue weighted by atomic mass is 9.89. The van der Waals surface area contributed by atoms with Gasteiger partial charge in [-0.3, -0.25) is 4.79 Å². The molecule has 2 N–H and O–H groups in total. The van der Waals surface area contributed by atoms with Crippen molar-refractivity contribution >= 4 is 55.1 Å². The first-order valence-corrected chi connectivity index (χ1v) is 10.5. The summed E-state index contributed by atoms with van der Waals surface area (Å²) in [5.74, 6) is -1.19. The lowest BCUT2D eigenvalue weighted by molar-refractivity contribution is -0.146. The summed E-state index contributed by atoms with van der Waals surface area (Å²) in [6.07, 6.45) is 0.350. The zero-order valence-electron chi connectivity index (χ0n) is 12.9. The van der Waals surface area contributed by atoms with Crippen LogP contribution < -0.4 is 4.72 Å². The second-order valence-corrected chi connectivity index (χ2v) is 8.76. The smallest absolute Gasteiger partial charge is 0.324 e. The molecular formula is C14H17BrCl2N2O4S. The molecule has 0 radical (unpaired) electrons. The molecule has 0 aromatic heterocycles. The molecule has 1 aliphatic rings. The van der Waals surface area contributed by atoms with Gasteiger partial charge in [-0.05, 0) is 32.0 Å². The fourth-order valence-electron chi connectivity index (χ4n) is 2.58. The minimum atomic E-state index is -4.12. The van der Waals surface area contributed by atoms with Crippen molar-refractivity contribution in [2.24, 2.45) is 0 Å². The van der Waals surface area contributed by atoms with Gasteiger partial charge in [-0.1, -0.05) is 39.1 Å². The molecule has 10 heteroatoms. The van der Waals surface area contributed by atoms with Gasteiger partial charge in [0.2, 0.25) is 10.0 Å². The average molecular weight is 460 g/mol. The average Bonchev–Trinajstić information content (AvgIpc) is 2.49. The standard InChI is InChI=1S/C14H17BrCl2N2O4S/c1-19-6-4-14(5-7-19,13(20)21)18-24(22,23)11-3-2-10(16)9(8-15)12(11)17/h2-3,18H,4-8H2,1H3,(H,20,21). The molecule has 1 aromatic carbocycles. The van der Waals surface area contributed by atoms with Gasteiger partial charge < -0.3 is 10.0 Å². The van der Waals surface area contributed by atoms with Crippen LogP contribution >= 0.6 is 39.1 Å². The number of halogens is 3. The molecule has 1 heterocycles. The first-order chi connectivity index (χ1) is 11.1. The van der Waals surface area contributed by atoms with E-state index in [4.69, 9.17) is 23.2 Å². The maximum Gasteiger partial charge on any atom is 0.324 e. The van der Waals surface area contributed by atoms with E-state index < -0.39 is 21.5 Å². The number of carboxylic acid groups (broad SMARTS) is 1. The van der Waals surface area contributed by atoms with Crippen molar-refractivity contribution in [3.8, 4) is 0 Å². The van der Waals surface area contributed by atoms with Gasteiger partial charge in [-0.2, -0.15) is 4.72 Å². The minimum Gasteiger partial charge on any atom is -0.480 e. The topological polar surface area (TPSA) is 86.7 Å². The fraction of sp³-hybridized carbons (Fsp3) is 0.500. The van der Waals surface area contributed by atoms with E-state index in [2.05, 4.69) is 20.7 Å². The highest BCUT2D eigenvalue weighted by molar-refractivity contribution is 9.08. The summed E-state index contributed by atoms with van der Waals surface area (Å²) in [5.41, 5.74) is -1.10. The maximum atomic E-state index is 12.8. The quantitative estimate of drug-likeness (QED) is 0.661. The normalized spacial score (nSPS) is 18.5. The Kier molecular flexibility index (Phi) is 6.21. The number of aliphatic carboxylic acids is 1. The molecule has 1 fully saturated rings. The van der Waals surface area contributed by atoms with Crippen LogP contribution in [-0.4, -0.2) is 50.1 Å². The molecule has 0 spiro atoms. The van der Waals surface area contributed by atoms with E-state index in [1.807, 2.05) is 11.9 Å². The summed E-state index contributed by atoms with van der Waals surface area (Å²) < 4.78 is 27.9. The van der Waals surface area contributed by atoms with Gasteiger partial charge in [0.15, 0.2) is 0 Å². The number of nitrogens with one attached hydrogen (secondary N) is 1. The lowest BCUT2D eigenvalue weighted by Crippen LogP contribution is -2.59. The molecule has 2 rings (SSSR count). The third-order valence-corrected chi connectivity index (χ3v) is 7.19. The lowest BCUT2D eigenvalue weighted by Gasteiger charge is -2.37. The van der Waals surface area contributed by atoms with Gasteiger partial charge >= 0.3 is 5.97 Å². The van der Waals surface area contributed by atoms with Crippen molar-refractivity contribution in [3.05, 3.63) is 27.7 Å². The predicted molar refractivity (Wildman–Crippen MR) is 96.5 cm³/mol. The largest absolute Gasteiger partial charge is 0.480 e. The summed E-state index contributed by atoms with van der Waals surface area (Å²) >= 11 is 15.4. The Morgan fingerprint density at radius 1 is 1.38 bits per heavy atom. The number of carboxylic acids is 1. The third kappa shape index (κ3) is 3.89. The Morgan fingerprint density at radius 3 is 2.46 bits per heavy atom. The zero-order chi connectivity index (χ0) is 18.1. The van der Waals surface area contributed by atoms with E-state index >= 15 is 0 Å². The van der Waals surface area contributed by atoms with E-state index in [1.54, 1.807) is 0 Å². The van der Waals surface area contributed by atoms with Crippen LogP contribution in [0.5, 0.6) is 0 Å². The van der Waals surface area contributed by atoms with E-state index in [-0.39, 0.29) is 28.1 Å². The Bertz CT molecular complexity index is 749. The molecule has 0 unspecified atom stereocenters. The second-order valence-electron chi connectivity index (χ2n) is 5.77. The predicted octanol–water partition coefficient (Wildman–Crippen LogP) is 2.72. The van der Waals surface area contributed by atoms with Crippen LogP contribution in [0, 0.1) is 0 Å². The van der Waals surface area contributed by atoms with E-state index in [0.717, 1.165) is 0 Å². The van der Waals surface area contributed by atoms with Crippen LogP contribution in [0.25, 0.3) is 0 Å². The molecule has 24 heavy (non-hydrogen) atoms. The molecule has 1 aromatic rings. The molecule has 0 atom stereocenters. The van der Waals surface area contributed by atoms with Crippen molar-refractivity contribution in [1.29, 1.82) is 0 Å². The Labute approximate surface area is 159 Å². The maximum absolute atomic E-state index is 12.8. The number of alkyl halides is 1. The van der Waals surface area contributed by atoms with Gasteiger partial charge in [0.25, 0.3) is 0 Å². The Hall–Kier alpha value is -0.380. The van der Waals surface area contributed by atoms with E-state index in [1.165, 1.54) is 12.1 Å². The van der Waals surface area contributed by atoms with E-state index in [9.17, 15) is 18.3 Å². The monoisotopic (exact) mass is 458 g/mol. The van der Waals surface area contributed by atoms with Crippen molar-refractivity contribution in [2.75, 3.05) is 20.1 Å². The van der Waals surface area contributed by atoms with Gasteiger partial charge in [0.1, 0.15) is 10.4 Å². The number of hydrogen-bond donors (Lipinski definition) is 2. The molecule has 1 saturated heterocycles. The third-order valence-electron chi connectivity index (χ3n) is 4.15. The second kappa shape index (κ2) is 7.47. The van der Waals surface area contributed by atoms with Crippen molar-refractivity contribution in [1.82, 2.24) is 9.62 Å². The summed E-state index contributed by atoms with van der Waals surface area (Å²) in [5, 5.41) is 10.2. The van der Waals surface area contributed by atoms with Gasteiger partial charge in [0, 0.05) is 29.0 Å². The molecule has 0 aliphatic carbocycles. The highest BCUT2D eigenvalue weighted by Crippen LogP contribution is 2.34. The molecule has 134 valence electrons. The van der Waals surface area contributed by atoms with Crippen LogP contribution in [0.3, 0.4) is 0 Å². The molecular weight excluding hydrogens is 443 g/mol. The molecule has 6 nitrogen and oxygen atoms in total. The number of rotatable bonds is 5. The van der Waals surface area contributed by atoms with Crippen molar-refractivity contribution in [2.45, 2.75) is 28.6 Å². The van der Waals surface area contributed by atoms with Gasteiger partial charge in [0.05, 0.1) is 5.02 Å². The number of benzene rings is 1. The van der Waals surface area contributed by atoms with Gasteiger partial charge in [-0.25, -0.2) is 8.42 Å². The highest BCUT2D eigenvalue weighted by Gasteiger charge is 2.44. The SMILES string of the molecule is CN1CCC(NS(=O)(=O)c2ccc(Cl)c(CBr)c2Cl)(C(=O)O)CC1. The molecule has 1 aliphatic heterocycles. The molecule has 0 bridgehead atoms. The van der Waals surface area contributed by atoms with Crippen molar-refractivity contribution < 1.29 is 18.3 Å². The van der Waals surface area contributed by atoms with Crippen LogP contribution in [-0.2, 0) is 20.1 Å². The first-order valence-electron chi connectivity index (χ1n) is 7.12. The van der Waals surface area contributed by atoms with Crippen LogP contribution in [0.1, 0.15) is 18.4 Å². The minimum absolute atomic E-state index is 0.0136. The fourth-order valence-corrected chi connectivity index (χ4v) is 5.81. The number of piperidine rings is 1. The molecule has 0 saturated carbocycles. The number of likely N-dealkylation sites (tertiary alicyclic amines) is 1. The summed E-state index contributed by atoms with van der Waals surface area (Å²) in [6, 6.07) is 2.71. The summed E-state index contributed by atoms with van der Waals surface area (Å²) in [4.78, 5) is 13.5. The number of carbonyl (C=O) groups is 1.